The van der Waals surface area contributed by atoms with Gasteiger partial charge in [-0.3, -0.25) is 4.79 Å². The summed E-state index contributed by atoms with van der Waals surface area (Å²) in [5.41, 5.74) is 1.04. The number of benzene rings is 2. The zero-order valence-electron chi connectivity index (χ0n) is 12.3. The first-order chi connectivity index (χ1) is 9.83. The Morgan fingerprint density at radius 3 is 2.10 bits per heavy atom. The van der Waals surface area contributed by atoms with E-state index in [9.17, 15) is 4.79 Å². The van der Waals surface area contributed by atoms with Crippen LogP contribution in [0.25, 0.3) is 0 Å². The molecule has 0 saturated heterocycles. The van der Waals surface area contributed by atoms with Crippen molar-refractivity contribution in [1.82, 2.24) is 0 Å². The Bertz CT molecular complexity index is 613. The number of amides is 1. The predicted molar refractivity (Wildman–Crippen MR) is 86.2 cm³/mol. The smallest absolute Gasteiger partial charge is 0.255 e. The van der Waals surface area contributed by atoms with Crippen LogP contribution < -0.4 is 10.1 Å². The van der Waals surface area contributed by atoms with Gasteiger partial charge in [0.25, 0.3) is 5.91 Å². The average Bonchev–Trinajstić information content (AvgIpc) is 2.40. The molecule has 21 heavy (non-hydrogen) atoms. The van der Waals surface area contributed by atoms with Gasteiger partial charge in [-0.2, -0.15) is 0 Å². The number of carbonyl (C=O) groups excluding carboxylic acids is 1. The number of carbonyl (C=O) groups is 1. The van der Waals surface area contributed by atoms with E-state index in [0.29, 0.717) is 10.6 Å². The van der Waals surface area contributed by atoms with E-state index in [2.05, 4.69) is 5.32 Å². The van der Waals surface area contributed by atoms with E-state index in [1.807, 2.05) is 45.0 Å². The van der Waals surface area contributed by atoms with E-state index in [0.717, 1.165) is 11.4 Å². The normalized spacial score (nSPS) is 11.0. The van der Waals surface area contributed by atoms with Gasteiger partial charge in [0.2, 0.25) is 0 Å². The molecule has 0 aliphatic carbocycles. The summed E-state index contributed by atoms with van der Waals surface area (Å²) in [4.78, 5) is 12.1. The summed E-state index contributed by atoms with van der Waals surface area (Å²) < 4.78 is 5.73. The first-order valence-corrected chi connectivity index (χ1v) is 7.07. The van der Waals surface area contributed by atoms with Gasteiger partial charge in [0.05, 0.1) is 0 Å². The van der Waals surface area contributed by atoms with Crippen LogP contribution in [0.15, 0.2) is 48.5 Å². The quantitative estimate of drug-likeness (QED) is 0.887. The topological polar surface area (TPSA) is 38.3 Å². The van der Waals surface area contributed by atoms with Gasteiger partial charge in [-0.15, -0.1) is 0 Å². The molecule has 2 rings (SSSR count). The van der Waals surface area contributed by atoms with Crippen molar-refractivity contribution < 1.29 is 9.53 Å². The molecule has 1 N–H and O–H groups in total. The Morgan fingerprint density at radius 1 is 1.00 bits per heavy atom. The molecule has 0 unspecified atom stereocenters. The van der Waals surface area contributed by atoms with Crippen LogP contribution in [0.3, 0.4) is 0 Å². The van der Waals surface area contributed by atoms with E-state index in [1.54, 1.807) is 24.3 Å². The second-order valence-electron chi connectivity index (χ2n) is 5.70. The molecule has 0 aromatic heterocycles. The monoisotopic (exact) mass is 303 g/mol. The molecule has 1 amide bonds. The van der Waals surface area contributed by atoms with Gasteiger partial charge in [-0.25, -0.2) is 0 Å². The molecule has 3 nitrogen and oxygen atoms in total. The highest BCUT2D eigenvalue weighted by atomic mass is 35.5. The maximum atomic E-state index is 12.1. The lowest BCUT2D eigenvalue weighted by Gasteiger charge is -2.21. The first kappa shape index (κ1) is 15.4. The van der Waals surface area contributed by atoms with E-state index in [-0.39, 0.29) is 11.5 Å². The fourth-order valence-corrected chi connectivity index (χ4v) is 1.89. The summed E-state index contributed by atoms with van der Waals surface area (Å²) in [6.07, 6.45) is 0. The van der Waals surface area contributed by atoms with Crippen molar-refractivity contribution >= 4 is 23.2 Å². The van der Waals surface area contributed by atoms with Crippen LogP contribution >= 0.6 is 11.6 Å². The maximum Gasteiger partial charge on any atom is 0.255 e. The minimum atomic E-state index is -0.242. The minimum Gasteiger partial charge on any atom is -0.488 e. The summed E-state index contributed by atoms with van der Waals surface area (Å²) in [7, 11) is 0. The largest absolute Gasteiger partial charge is 0.488 e. The van der Waals surface area contributed by atoms with Gasteiger partial charge in [0.1, 0.15) is 11.4 Å². The Labute approximate surface area is 129 Å². The molecule has 2 aromatic carbocycles. The van der Waals surface area contributed by atoms with Crippen molar-refractivity contribution in [2.24, 2.45) is 0 Å². The molecule has 0 spiro atoms. The third-order valence-electron chi connectivity index (χ3n) is 2.64. The summed E-state index contributed by atoms with van der Waals surface area (Å²) >= 11 is 5.80. The second-order valence-corrected chi connectivity index (χ2v) is 6.14. The van der Waals surface area contributed by atoms with Crippen LogP contribution in [-0.4, -0.2) is 11.5 Å². The molecule has 0 fully saturated rings. The van der Waals surface area contributed by atoms with E-state index < -0.39 is 0 Å². The van der Waals surface area contributed by atoms with Gasteiger partial charge in [0.15, 0.2) is 0 Å². The zero-order chi connectivity index (χ0) is 15.5. The third kappa shape index (κ3) is 4.80. The Balaban J connectivity index is 2.03. The Hall–Kier alpha value is -2.00. The van der Waals surface area contributed by atoms with Gasteiger partial charge < -0.3 is 10.1 Å². The highest BCUT2D eigenvalue weighted by Crippen LogP contribution is 2.21. The summed E-state index contributed by atoms with van der Waals surface area (Å²) in [6.45, 7) is 5.97. The van der Waals surface area contributed by atoms with E-state index in [1.165, 1.54) is 0 Å². The van der Waals surface area contributed by atoms with Crippen molar-refractivity contribution in [3.63, 3.8) is 0 Å². The van der Waals surface area contributed by atoms with Crippen LogP contribution in [0.4, 0.5) is 5.69 Å². The highest BCUT2D eigenvalue weighted by Gasteiger charge is 2.11. The number of hydrogen-bond donors (Lipinski definition) is 1. The van der Waals surface area contributed by atoms with Crippen LogP contribution in [0.2, 0.25) is 5.02 Å². The van der Waals surface area contributed by atoms with Crippen molar-refractivity contribution in [2.75, 3.05) is 5.32 Å². The average molecular weight is 304 g/mol. The molecule has 0 radical (unpaired) electrons. The fourth-order valence-electron chi connectivity index (χ4n) is 1.76. The lowest BCUT2D eigenvalue weighted by Crippen LogP contribution is -2.22. The molecule has 0 aliphatic heterocycles. The second kappa shape index (κ2) is 6.19. The van der Waals surface area contributed by atoms with E-state index >= 15 is 0 Å². The summed E-state index contributed by atoms with van der Waals surface area (Å²) in [6, 6.07) is 14.1. The number of nitrogens with one attached hydrogen (secondary N) is 1. The fraction of sp³-hybridized carbons (Fsp3) is 0.235. The molecular weight excluding hydrogens is 286 g/mol. The molecule has 4 heteroatoms. The van der Waals surface area contributed by atoms with Gasteiger partial charge in [-0.05, 0) is 69.3 Å². The number of anilines is 1. The van der Waals surface area contributed by atoms with Crippen LogP contribution in [0.1, 0.15) is 31.1 Å². The van der Waals surface area contributed by atoms with Crippen molar-refractivity contribution in [2.45, 2.75) is 26.4 Å². The van der Waals surface area contributed by atoms with Crippen LogP contribution in [0, 0.1) is 0 Å². The van der Waals surface area contributed by atoms with Crippen molar-refractivity contribution in [1.29, 1.82) is 0 Å². The molecule has 2 aromatic rings. The first-order valence-electron chi connectivity index (χ1n) is 6.69. The lowest BCUT2D eigenvalue weighted by molar-refractivity contribution is 0.102. The molecule has 0 saturated carbocycles. The number of hydrogen-bond acceptors (Lipinski definition) is 2. The van der Waals surface area contributed by atoms with Crippen molar-refractivity contribution in [3.05, 3.63) is 59.1 Å². The molecule has 110 valence electrons. The van der Waals surface area contributed by atoms with Gasteiger partial charge in [-0.1, -0.05) is 11.6 Å². The predicted octanol–water partition coefficient (Wildman–Crippen LogP) is 4.77. The van der Waals surface area contributed by atoms with Crippen molar-refractivity contribution in [3.8, 4) is 5.75 Å². The molecule has 0 atom stereocenters. The van der Waals surface area contributed by atoms with Gasteiger partial charge in [0, 0.05) is 16.3 Å². The highest BCUT2D eigenvalue weighted by molar-refractivity contribution is 6.30. The molecular formula is C17H18ClNO2. The number of ether oxygens (including phenoxy) is 1. The van der Waals surface area contributed by atoms with Crippen LogP contribution in [0.5, 0.6) is 5.75 Å². The SMILES string of the molecule is CC(C)(C)Oc1ccc(NC(=O)c2ccc(Cl)cc2)cc1. The summed E-state index contributed by atoms with van der Waals surface area (Å²) in [5.74, 6) is 0.600. The molecule has 0 bridgehead atoms. The lowest BCUT2D eigenvalue weighted by atomic mass is 10.2. The van der Waals surface area contributed by atoms with Crippen LogP contribution in [-0.2, 0) is 0 Å². The standard InChI is InChI=1S/C17H18ClNO2/c1-17(2,3)21-15-10-8-14(9-11-15)19-16(20)12-4-6-13(18)7-5-12/h4-11H,1-3H3,(H,19,20). The third-order valence-corrected chi connectivity index (χ3v) is 2.89. The zero-order valence-corrected chi connectivity index (χ0v) is 13.1. The number of halogens is 1. The molecule has 0 heterocycles. The summed E-state index contributed by atoms with van der Waals surface area (Å²) in [5, 5.41) is 3.44. The Morgan fingerprint density at radius 2 is 1.57 bits per heavy atom. The maximum absolute atomic E-state index is 12.1. The van der Waals surface area contributed by atoms with E-state index in [4.69, 9.17) is 16.3 Å². The number of rotatable bonds is 3. The Kier molecular flexibility index (Phi) is 4.53. The van der Waals surface area contributed by atoms with Gasteiger partial charge >= 0.3 is 0 Å². The molecule has 0 aliphatic rings. The minimum absolute atomic E-state index is 0.170.